The first kappa shape index (κ1) is 18.7. The zero-order valence-corrected chi connectivity index (χ0v) is 15.7. The van der Waals surface area contributed by atoms with Crippen LogP contribution in [-0.2, 0) is 0 Å². The monoisotopic (exact) mass is 396 g/mol. The maximum Gasteiger partial charge on any atom is 0.288 e. The van der Waals surface area contributed by atoms with Crippen molar-refractivity contribution in [2.24, 2.45) is 0 Å². The Balaban J connectivity index is 1.52. The topological polar surface area (TPSA) is 33.7 Å². The highest BCUT2D eigenvalue weighted by Crippen LogP contribution is 2.31. The van der Waals surface area contributed by atoms with Crippen LogP contribution in [0.25, 0.3) is 0 Å². The number of likely N-dealkylation sites (N-methyl/N-ethyl adjacent to an activating group) is 1. The SMILES string of the molecule is CN(C[C@H]1COc2ccccc2O1)C(=S)Nc1ccc(SC(F)F)cc1. The number of nitrogens with zero attached hydrogens (tertiary/aromatic N) is 1. The Labute approximate surface area is 160 Å². The number of thiocarbonyl (C=S) groups is 1. The number of ether oxygens (including phenoxy) is 2. The van der Waals surface area contributed by atoms with Crippen LogP contribution in [0.15, 0.2) is 53.4 Å². The molecular formula is C18H18F2N2O2S2. The quantitative estimate of drug-likeness (QED) is 0.593. The second-order valence-corrected chi connectivity index (χ2v) is 7.16. The predicted molar refractivity (Wildman–Crippen MR) is 104 cm³/mol. The van der Waals surface area contributed by atoms with E-state index in [1.807, 2.05) is 36.2 Å². The molecule has 0 saturated carbocycles. The van der Waals surface area contributed by atoms with E-state index in [0.717, 1.165) is 17.2 Å². The summed E-state index contributed by atoms with van der Waals surface area (Å²) in [6, 6.07) is 14.3. The van der Waals surface area contributed by atoms with Crippen molar-refractivity contribution in [1.29, 1.82) is 0 Å². The number of para-hydroxylation sites is 2. The summed E-state index contributed by atoms with van der Waals surface area (Å²) >= 11 is 5.92. The Morgan fingerprint density at radius 1 is 1.23 bits per heavy atom. The summed E-state index contributed by atoms with van der Waals surface area (Å²) in [5.41, 5.74) is 0.742. The van der Waals surface area contributed by atoms with E-state index in [2.05, 4.69) is 5.32 Å². The molecule has 1 aliphatic heterocycles. The van der Waals surface area contributed by atoms with Gasteiger partial charge in [0.05, 0.1) is 6.54 Å². The highest BCUT2D eigenvalue weighted by molar-refractivity contribution is 7.99. The van der Waals surface area contributed by atoms with Crippen LogP contribution in [0, 0.1) is 0 Å². The van der Waals surface area contributed by atoms with E-state index in [9.17, 15) is 8.78 Å². The highest BCUT2D eigenvalue weighted by Gasteiger charge is 2.22. The van der Waals surface area contributed by atoms with Crippen molar-refractivity contribution < 1.29 is 18.3 Å². The maximum absolute atomic E-state index is 12.4. The molecule has 0 aliphatic carbocycles. The lowest BCUT2D eigenvalue weighted by Gasteiger charge is -2.30. The fourth-order valence-corrected chi connectivity index (χ4v) is 3.17. The van der Waals surface area contributed by atoms with Crippen LogP contribution in [0.4, 0.5) is 14.5 Å². The molecule has 8 heteroatoms. The number of thioether (sulfide) groups is 1. The fraction of sp³-hybridized carbons (Fsp3) is 0.278. The van der Waals surface area contributed by atoms with Crippen molar-refractivity contribution in [3.05, 3.63) is 48.5 Å². The lowest BCUT2D eigenvalue weighted by Crippen LogP contribution is -2.43. The van der Waals surface area contributed by atoms with Gasteiger partial charge in [0.25, 0.3) is 5.76 Å². The van der Waals surface area contributed by atoms with Crippen LogP contribution < -0.4 is 14.8 Å². The van der Waals surface area contributed by atoms with E-state index in [1.165, 1.54) is 0 Å². The molecule has 1 atom stereocenters. The molecule has 4 nitrogen and oxygen atoms in total. The Morgan fingerprint density at radius 2 is 1.92 bits per heavy atom. The van der Waals surface area contributed by atoms with Crippen LogP contribution >= 0.6 is 24.0 Å². The number of hydrogen-bond donors (Lipinski definition) is 1. The molecule has 0 aromatic heterocycles. The summed E-state index contributed by atoms with van der Waals surface area (Å²) in [5.74, 6) is -0.958. The van der Waals surface area contributed by atoms with Crippen LogP contribution in [0.2, 0.25) is 0 Å². The van der Waals surface area contributed by atoms with E-state index in [4.69, 9.17) is 21.7 Å². The molecule has 0 amide bonds. The number of fused-ring (bicyclic) bond motifs is 1. The van der Waals surface area contributed by atoms with E-state index >= 15 is 0 Å². The molecular weight excluding hydrogens is 378 g/mol. The van der Waals surface area contributed by atoms with Gasteiger partial charge in [-0.05, 0) is 48.6 Å². The minimum Gasteiger partial charge on any atom is -0.486 e. The van der Waals surface area contributed by atoms with Gasteiger partial charge in [0.2, 0.25) is 0 Å². The largest absolute Gasteiger partial charge is 0.486 e. The third-order valence-electron chi connectivity index (χ3n) is 3.72. The Kier molecular flexibility index (Phi) is 6.16. The van der Waals surface area contributed by atoms with Gasteiger partial charge in [-0.3, -0.25) is 0 Å². The number of anilines is 1. The number of hydrogen-bond acceptors (Lipinski definition) is 4. The second kappa shape index (κ2) is 8.55. The van der Waals surface area contributed by atoms with Gasteiger partial charge in [0.1, 0.15) is 6.61 Å². The first-order valence-corrected chi connectivity index (χ1v) is 9.25. The first-order valence-electron chi connectivity index (χ1n) is 7.97. The van der Waals surface area contributed by atoms with Crippen molar-refractivity contribution in [2.75, 3.05) is 25.5 Å². The van der Waals surface area contributed by atoms with E-state index < -0.39 is 5.76 Å². The fourth-order valence-electron chi connectivity index (χ4n) is 2.48. The molecule has 0 radical (unpaired) electrons. The normalized spacial score (nSPS) is 15.6. The minimum absolute atomic E-state index is 0.139. The Morgan fingerprint density at radius 3 is 2.62 bits per heavy atom. The van der Waals surface area contributed by atoms with Crippen LogP contribution in [0.1, 0.15) is 0 Å². The van der Waals surface area contributed by atoms with Crippen LogP contribution in [0.3, 0.4) is 0 Å². The van der Waals surface area contributed by atoms with E-state index in [1.54, 1.807) is 24.3 Å². The summed E-state index contributed by atoms with van der Waals surface area (Å²) in [6.45, 7) is 1.00. The zero-order valence-electron chi connectivity index (χ0n) is 14.0. The van der Waals surface area contributed by atoms with Gasteiger partial charge < -0.3 is 19.7 Å². The number of halogens is 2. The second-order valence-electron chi connectivity index (χ2n) is 5.71. The number of benzene rings is 2. The predicted octanol–water partition coefficient (Wildman–Crippen LogP) is 4.47. The van der Waals surface area contributed by atoms with Gasteiger partial charge in [-0.2, -0.15) is 8.78 Å². The lowest BCUT2D eigenvalue weighted by molar-refractivity contribution is 0.0784. The summed E-state index contributed by atoms with van der Waals surface area (Å²) in [4.78, 5) is 2.37. The van der Waals surface area contributed by atoms with Gasteiger partial charge in [0, 0.05) is 17.6 Å². The van der Waals surface area contributed by atoms with Crippen molar-refractivity contribution >= 4 is 34.8 Å². The number of nitrogens with one attached hydrogen (secondary N) is 1. The highest BCUT2D eigenvalue weighted by atomic mass is 32.2. The van der Waals surface area contributed by atoms with E-state index in [-0.39, 0.29) is 6.10 Å². The molecule has 0 unspecified atom stereocenters. The summed E-state index contributed by atoms with van der Waals surface area (Å²) in [6.07, 6.45) is -0.139. The molecule has 2 aromatic rings. The molecule has 138 valence electrons. The van der Waals surface area contributed by atoms with Gasteiger partial charge in [-0.25, -0.2) is 0 Å². The smallest absolute Gasteiger partial charge is 0.288 e. The van der Waals surface area contributed by atoms with Crippen LogP contribution in [0.5, 0.6) is 11.5 Å². The Bertz CT molecular complexity index is 759. The van der Waals surface area contributed by atoms with Crippen molar-refractivity contribution in [1.82, 2.24) is 4.90 Å². The molecule has 1 N–H and O–H groups in total. The maximum atomic E-state index is 12.4. The molecule has 0 spiro atoms. The molecule has 2 aromatic carbocycles. The Hall–Kier alpha value is -2.06. The van der Waals surface area contributed by atoms with Gasteiger partial charge in [-0.1, -0.05) is 23.9 Å². The van der Waals surface area contributed by atoms with Crippen molar-refractivity contribution in [3.8, 4) is 11.5 Å². The summed E-state index contributed by atoms with van der Waals surface area (Å²) in [7, 11) is 1.86. The third-order valence-corrected chi connectivity index (χ3v) is 4.86. The third kappa shape index (κ3) is 4.98. The minimum atomic E-state index is -2.43. The first-order chi connectivity index (χ1) is 12.5. The number of rotatable bonds is 5. The van der Waals surface area contributed by atoms with Crippen molar-refractivity contribution in [3.63, 3.8) is 0 Å². The van der Waals surface area contributed by atoms with Gasteiger partial charge in [0.15, 0.2) is 22.7 Å². The van der Waals surface area contributed by atoms with E-state index in [0.29, 0.717) is 34.9 Å². The average molecular weight is 396 g/mol. The molecule has 3 rings (SSSR count). The average Bonchev–Trinajstić information content (AvgIpc) is 2.62. The number of alkyl halides is 2. The van der Waals surface area contributed by atoms with Gasteiger partial charge in [-0.15, -0.1) is 0 Å². The van der Waals surface area contributed by atoms with Gasteiger partial charge >= 0.3 is 0 Å². The van der Waals surface area contributed by atoms with Crippen LogP contribution in [-0.4, -0.2) is 42.1 Å². The molecule has 0 bridgehead atoms. The summed E-state index contributed by atoms with van der Waals surface area (Å²) < 4.78 is 36.3. The molecule has 26 heavy (non-hydrogen) atoms. The molecule has 0 saturated heterocycles. The summed E-state index contributed by atoms with van der Waals surface area (Å²) in [5, 5.41) is 3.61. The molecule has 1 aliphatic rings. The zero-order chi connectivity index (χ0) is 18.5. The lowest BCUT2D eigenvalue weighted by atomic mass is 10.2. The van der Waals surface area contributed by atoms with Crippen molar-refractivity contribution in [2.45, 2.75) is 16.8 Å². The standard InChI is InChI=1S/C18H18F2N2O2S2/c1-22(10-13-11-23-15-4-2-3-5-16(15)24-13)18(25)21-12-6-8-14(9-7-12)26-17(19)20/h2-9,13,17H,10-11H2,1H3,(H,21,25)/t13-/m0/s1. The molecule has 0 fully saturated rings. The molecule has 1 heterocycles.